The molecule has 0 saturated carbocycles. The van der Waals surface area contributed by atoms with Crippen molar-refractivity contribution in [1.29, 1.82) is 0 Å². The number of hydrogen-bond acceptors (Lipinski definition) is 5. The first kappa shape index (κ1) is 17.9. The van der Waals surface area contributed by atoms with Gasteiger partial charge in [-0.1, -0.05) is 36.4 Å². The van der Waals surface area contributed by atoms with Gasteiger partial charge in [0.05, 0.1) is 5.56 Å². The number of nitrogens with one attached hydrogen (secondary N) is 1. The molecule has 0 unspecified atom stereocenters. The lowest BCUT2D eigenvalue weighted by atomic mass is 9.99. The summed E-state index contributed by atoms with van der Waals surface area (Å²) in [5, 5.41) is 3.55. The third kappa shape index (κ3) is 3.08. The SMILES string of the molecule is O=C1c2ccccc2N[C@H](C2=Cc3ccccc3OC2)N1Cc1ccc2c(c1)OCO2. The molecule has 0 fully saturated rings. The molecule has 1 N–H and O–H groups in total. The first-order valence-corrected chi connectivity index (χ1v) is 10.2. The molecule has 0 spiro atoms. The molecule has 154 valence electrons. The number of carbonyl (C=O) groups is 1. The third-order valence-corrected chi connectivity index (χ3v) is 5.82. The Kier molecular flexibility index (Phi) is 4.09. The molecule has 3 aromatic rings. The van der Waals surface area contributed by atoms with E-state index in [1.165, 1.54) is 0 Å². The number of anilines is 1. The summed E-state index contributed by atoms with van der Waals surface area (Å²) in [4.78, 5) is 15.4. The fourth-order valence-corrected chi connectivity index (χ4v) is 4.28. The predicted octanol–water partition coefficient (Wildman–Crippen LogP) is 4.29. The van der Waals surface area contributed by atoms with Crippen molar-refractivity contribution in [1.82, 2.24) is 4.90 Å². The van der Waals surface area contributed by atoms with E-state index < -0.39 is 0 Å². The Morgan fingerprint density at radius 3 is 2.71 bits per heavy atom. The second kappa shape index (κ2) is 7.09. The minimum absolute atomic E-state index is 0.0169. The molecular weight excluding hydrogens is 392 g/mol. The highest BCUT2D eigenvalue weighted by atomic mass is 16.7. The van der Waals surface area contributed by atoms with Gasteiger partial charge in [-0.25, -0.2) is 0 Å². The number of ether oxygens (including phenoxy) is 3. The molecule has 1 atom stereocenters. The first-order chi connectivity index (χ1) is 15.3. The summed E-state index contributed by atoms with van der Waals surface area (Å²) in [6.07, 6.45) is 1.80. The van der Waals surface area contributed by atoms with Crippen molar-refractivity contribution < 1.29 is 19.0 Å². The van der Waals surface area contributed by atoms with Crippen molar-refractivity contribution in [3.63, 3.8) is 0 Å². The van der Waals surface area contributed by atoms with Gasteiger partial charge < -0.3 is 24.4 Å². The van der Waals surface area contributed by atoms with Gasteiger partial charge in [-0.2, -0.15) is 0 Å². The Morgan fingerprint density at radius 1 is 0.903 bits per heavy atom. The Morgan fingerprint density at radius 2 is 1.74 bits per heavy atom. The molecule has 3 aliphatic rings. The van der Waals surface area contributed by atoms with E-state index in [0.717, 1.165) is 33.9 Å². The van der Waals surface area contributed by atoms with Crippen LogP contribution >= 0.6 is 0 Å². The zero-order valence-electron chi connectivity index (χ0n) is 16.7. The summed E-state index contributed by atoms with van der Waals surface area (Å²) in [6, 6.07) is 21.3. The van der Waals surface area contributed by atoms with E-state index >= 15 is 0 Å². The van der Waals surface area contributed by atoms with Crippen LogP contribution in [0.1, 0.15) is 21.5 Å². The number of para-hydroxylation sites is 2. The summed E-state index contributed by atoms with van der Waals surface area (Å²) in [6.45, 7) is 1.07. The Balaban J connectivity index is 1.39. The van der Waals surface area contributed by atoms with Crippen molar-refractivity contribution in [2.24, 2.45) is 0 Å². The maximum absolute atomic E-state index is 13.5. The van der Waals surface area contributed by atoms with Crippen LogP contribution in [-0.2, 0) is 6.54 Å². The van der Waals surface area contributed by atoms with Crippen LogP contribution in [0.25, 0.3) is 6.08 Å². The van der Waals surface area contributed by atoms with Crippen molar-refractivity contribution in [3.8, 4) is 17.2 Å². The molecule has 0 aliphatic carbocycles. The van der Waals surface area contributed by atoms with Crippen LogP contribution in [0.4, 0.5) is 5.69 Å². The Labute approximate surface area is 179 Å². The summed E-state index contributed by atoms with van der Waals surface area (Å²) in [7, 11) is 0. The average molecular weight is 412 g/mol. The van der Waals surface area contributed by atoms with Gasteiger partial charge >= 0.3 is 0 Å². The molecule has 0 radical (unpaired) electrons. The lowest BCUT2D eigenvalue weighted by Crippen LogP contribution is -2.50. The van der Waals surface area contributed by atoms with Crippen LogP contribution in [0.2, 0.25) is 0 Å². The van der Waals surface area contributed by atoms with Gasteiger partial charge in [-0.3, -0.25) is 4.79 Å². The van der Waals surface area contributed by atoms with Gasteiger partial charge in [0.1, 0.15) is 18.5 Å². The van der Waals surface area contributed by atoms with Gasteiger partial charge in [-0.05, 0) is 42.0 Å². The highest BCUT2D eigenvalue weighted by Crippen LogP contribution is 2.36. The smallest absolute Gasteiger partial charge is 0.258 e. The van der Waals surface area contributed by atoms with Crippen molar-refractivity contribution >= 4 is 17.7 Å². The van der Waals surface area contributed by atoms with E-state index in [0.29, 0.717) is 24.5 Å². The van der Waals surface area contributed by atoms with Gasteiger partial charge in [0, 0.05) is 23.4 Å². The number of fused-ring (bicyclic) bond motifs is 3. The molecule has 0 saturated heterocycles. The van der Waals surface area contributed by atoms with Crippen LogP contribution in [0.3, 0.4) is 0 Å². The van der Waals surface area contributed by atoms with E-state index in [9.17, 15) is 4.79 Å². The maximum atomic E-state index is 13.5. The van der Waals surface area contributed by atoms with Crippen molar-refractivity contribution in [3.05, 3.63) is 89.0 Å². The van der Waals surface area contributed by atoms with Gasteiger partial charge in [0.15, 0.2) is 11.5 Å². The highest BCUT2D eigenvalue weighted by molar-refractivity contribution is 6.02. The Bertz CT molecular complexity index is 1220. The first-order valence-electron chi connectivity index (χ1n) is 10.2. The number of amides is 1. The minimum Gasteiger partial charge on any atom is -0.488 e. The van der Waals surface area contributed by atoms with Gasteiger partial charge in [-0.15, -0.1) is 0 Å². The minimum atomic E-state index is -0.318. The summed E-state index contributed by atoms with van der Waals surface area (Å²) >= 11 is 0. The fourth-order valence-electron chi connectivity index (χ4n) is 4.28. The third-order valence-electron chi connectivity index (χ3n) is 5.82. The lowest BCUT2D eigenvalue weighted by Gasteiger charge is -2.40. The highest BCUT2D eigenvalue weighted by Gasteiger charge is 2.35. The normalized spacial score (nSPS) is 18.5. The van der Waals surface area contributed by atoms with Gasteiger partial charge in [0.25, 0.3) is 5.91 Å². The fraction of sp³-hybridized carbons (Fsp3) is 0.160. The van der Waals surface area contributed by atoms with Crippen molar-refractivity contribution in [2.45, 2.75) is 12.7 Å². The molecule has 6 nitrogen and oxygen atoms in total. The maximum Gasteiger partial charge on any atom is 0.258 e. The molecular formula is C25H20N2O4. The average Bonchev–Trinajstić information content (AvgIpc) is 3.28. The number of benzene rings is 3. The standard InChI is InChI=1S/C25H20N2O4/c28-25-19-6-2-3-7-20(19)26-24(18-12-17-5-1-4-8-21(17)29-14-18)27(25)13-16-9-10-22-23(11-16)31-15-30-22/h1-12,24,26H,13-15H2/t24-/m0/s1. The molecule has 3 aromatic carbocycles. The van der Waals surface area contributed by atoms with Crippen LogP contribution < -0.4 is 19.5 Å². The predicted molar refractivity (Wildman–Crippen MR) is 116 cm³/mol. The zero-order valence-corrected chi connectivity index (χ0v) is 16.7. The monoisotopic (exact) mass is 412 g/mol. The topological polar surface area (TPSA) is 60.0 Å². The molecule has 3 aliphatic heterocycles. The number of rotatable bonds is 3. The molecule has 1 amide bonds. The molecule has 6 heteroatoms. The van der Waals surface area contributed by atoms with E-state index in [1.807, 2.05) is 71.6 Å². The summed E-state index contributed by atoms with van der Waals surface area (Å²) in [5.74, 6) is 2.28. The largest absolute Gasteiger partial charge is 0.488 e. The van der Waals surface area contributed by atoms with Crippen LogP contribution in [0.15, 0.2) is 72.3 Å². The lowest BCUT2D eigenvalue weighted by molar-refractivity contribution is 0.0688. The quantitative estimate of drug-likeness (QED) is 0.696. The van der Waals surface area contributed by atoms with E-state index in [2.05, 4.69) is 11.4 Å². The summed E-state index contributed by atoms with van der Waals surface area (Å²) in [5.41, 5.74) is 4.49. The molecule has 0 aromatic heterocycles. The molecule has 6 rings (SSSR count). The Hall–Kier alpha value is -3.93. The second-order valence-corrected chi connectivity index (χ2v) is 7.76. The molecule has 0 bridgehead atoms. The number of carbonyl (C=O) groups excluding carboxylic acids is 1. The number of nitrogens with zero attached hydrogens (tertiary/aromatic N) is 1. The van der Waals surface area contributed by atoms with E-state index in [4.69, 9.17) is 14.2 Å². The zero-order chi connectivity index (χ0) is 20.8. The van der Waals surface area contributed by atoms with E-state index in [1.54, 1.807) is 0 Å². The van der Waals surface area contributed by atoms with E-state index in [-0.39, 0.29) is 18.9 Å². The second-order valence-electron chi connectivity index (χ2n) is 7.76. The van der Waals surface area contributed by atoms with Crippen LogP contribution in [-0.4, -0.2) is 30.4 Å². The van der Waals surface area contributed by atoms with Gasteiger partial charge in [0.2, 0.25) is 6.79 Å². The van der Waals surface area contributed by atoms with Crippen LogP contribution in [0.5, 0.6) is 17.2 Å². The molecule has 3 heterocycles. The number of hydrogen-bond donors (Lipinski definition) is 1. The summed E-state index contributed by atoms with van der Waals surface area (Å²) < 4.78 is 16.9. The molecule has 31 heavy (non-hydrogen) atoms. The van der Waals surface area contributed by atoms with Crippen LogP contribution in [0, 0.1) is 0 Å². The van der Waals surface area contributed by atoms with Crippen molar-refractivity contribution in [2.75, 3.05) is 18.7 Å².